The summed E-state index contributed by atoms with van der Waals surface area (Å²) < 4.78 is 10.5. The standard InChI is InChI=1S/C15H19N3O6/c1-15(2,3)24-14(22)18-8(13(20)21)6-11-12(19)17-9-7-16-5-4-10(9)23-11/h4-5,7-8,11H,6H2,1-3H3,(H,17,19)(H,18,22)(H,20,21)/t8?,11-/m0/s1. The van der Waals surface area contributed by atoms with E-state index in [1.54, 1.807) is 26.8 Å². The molecule has 0 radical (unpaired) electrons. The van der Waals surface area contributed by atoms with Gasteiger partial charge in [-0.25, -0.2) is 9.59 Å². The van der Waals surface area contributed by atoms with Crippen molar-refractivity contribution in [3.05, 3.63) is 18.5 Å². The number of aliphatic carboxylic acids is 1. The van der Waals surface area contributed by atoms with Crippen LogP contribution in [0.5, 0.6) is 5.75 Å². The third-order valence-electron chi connectivity index (χ3n) is 3.04. The number of pyridine rings is 1. The molecule has 0 spiro atoms. The number of amides is 2. The van der Waals surface area contributed by atoms with Crippen molar-refractivity contribution in [3.8, 4) is 5.75 Å². The summed E-state index contributed by atoms with van der Waals surface area (Å²) in [6, 6.07) is 0.220. The molecule has 1 aromatic rings. The van der Waals surface area contributed by atoms with Gasteiger partial charge in [0.25, 0.3) is 5.91 Å². The number of anilines is 1. The van der Waals surface area contributed by atoms with Crippen molar-refractivity contribution in [2.24, 2.45) is 0 Å². The molecular formula is C15H19N3O6. The normalized spacial score (nSPS) is 17.8. The van der Waals surface area contributed by atoms with Gasteiger partial charge in [-0.15, -0.1) is 0 Å². The summed E-state index contributed by atoms with van der Waals surface area (Å²) in [5, 5.41) is 14.1. The second-order valence-corrected chi connectivity index (χ2v) is 6.24. The minimum Gasteiger partial charge on any atom is -0.480 e. The van der Waals surface area contributed by atoms with Crippen LogP contribution in [0.1, 0.15) is 27.2 Å². The van der Waals surface area contributed by atoms with Crippen LogP contribution in [-0.4, -0.2) is 45.8 Å². The summed E-state index contributed by atoms with van der Waals surface area (Å²) in [7, 11) is 0. The van der Waals surface area contributed by atoms with Gasteiger partial charge in [-0.05, 0) is 20.8 Å². The van der Waals surface area contributed by atoms with Gasteiger partial charge in [0.15, 0.2) is 6.10 Å². The summed E-state index contributed by atoms with van der Waals surface area (Å²) in [6.45, 7) is 4.97. The fourth-order valence-corrected chi connectivity index (χ4v) is 2.04. The van der Waals surface area contributed by atoms with E-state index in [-0.39, 0.29) is 6.42 Å². The number of nitrogens with zero attached hydrogens (tertiary/aromatic N) is 1. The summed E-state index contributed by atoms with van der Waals surface area (Å²) in [5.41, 5.74) is -0.358. The van der Waals surface area contributed by atoms with E-state index in [0.29, 0.717) is 11.4 Å². The Morgan fingerprint density at radius 3 is 2.83 bits per heavy atom. The third-order valence-corrected chi connectivity index (χ3v) is 3.04. The van der Waals surface area contributed by atoms with Gasteiger partial charge in [-0.3, -0.25) is 9.78 Å². The number of carboxylic acid groups (broad SMARTS) is 1. The van der Waals surface area contributed by atoms with Crippen LogP contribution >= 0.6 is 0 Å². The van der Waals surface area contributed by atoms with Gasteiger partial charge in [0.2, 0.25) is 0 Å². The lowest BCUT2D eigenvalue weighted by molar-refractivity contribution is -0.140. The van der Waals surface area contributed by atoms with E-state index in [4.69, 9.17) is 9.47 Å². The van der Waals surface area contributed by atoms with Crippen LogP contribution < -0.4 is 15.4 Å². The average molecular weight is 337 g/mol. The summed E-state index contributed by atoms with van der Waals surface area (Å²) in [6.07, 6.45) is 0.729. The molecular weight excluding hydrogens is 318 g/mol. The number of alkyl carbamates (subject to hydrolysis) is 1. The molecule has 9 heteroatoms. The maximum absolute atomic E-state index is 12.0. The monoisotopic (exact) mass is 337 g/mol. The molecule has 3 N–H and O–H groups in total. The lowest BCUT2D eigenvalue weighted by Gasteiger charge is -2.28. The molecule has 2 amide bonds. The Labute approximate surface area is 138 Å². The van der Waals surface area contributed by atoms with Crippen molar-refractivity contribution in [1.82, 2.24) is 10.3 Å². The van der Waals surface area contributed by atoms with E-state index < -0.39 is 35.7 Å². The topological polar surface area (TPSA) is 127 Å². The molecule has 2 atom stereocenters. The molecule has 1 unspecified atom stereocenters. The Kier molecular flexibility index (Phi) is 4.91. The van der Waals surface area contributed by atoms with E-state index in [9.17, 15) is 19.5 Å². The first kappa shape index (κ1) is 17.5. The second-order valence-electron chi connectivity index (χ2n) is 6.24. The summed E-state index contributed by atoms with van der Waals surface area (Å²) >= 11 is 0. The summed E-state index contributed by atoms with van der Waals surface area (Å²) in [4.78, 5) is 39.0. The fraction of sp³-hybridized carbons (Fsp3) is 0.467. The molecule has 130 valence electrons. The van der Waals surface area contributed by atoms with Crippen LogP contribution in [0.2, 0.25) is 0 Å². The molecule has 0 aliphatic carbocycles. The first-order chi connectivity index (χ1) is 11.2. The lowest BCUT2D eigenvalue weighted by atomic mass is 10.1. The maximum atomic E-state index is 12.0. The number of carboxylic acids is 1. The average Bonchev–Trinajstić information content (AvgIpc) is 2.45. The predicted molar refractivity (Wildman–Crippen MR) is 82.7 cm³/mol. The zero-order valence-corrected chi connectivity index (χ0v) is 13.5. The molecule has 24 heavy (non-hydrogen) atoms. The van der Waals surface area contributed by atoms with Crippen molar-refractivity contribution in [1.29, 1.82) is 0 Å². The van der Waals surface area contributed by atoms with Crippen molar-refractivity contribution in [3.63, 3.8) is 0 Å². The highest BCUT2D eigenvalue weighted by molar-refractivity contribution is 5.98. The largest absolute Gasteiger partial charge is 0.480 e. The van der Waals surface area contributed by atoms with E-state index in [0.717, 1.165) is 0 Å². The predicted octanol–water partition coefficient (Wildman–Crippen LogP) is 1.15. The number of hydrogen-bond acceptors (Lipinski definition) is 6. The molecule has 0 bridgehead atoms. The van der Waals surface area contributed by atoms with Crippen LogP contribution in [0.3, 0.4) is 0 Å². The molecule has 9 nitrogen and oxygen atoms in total. The second kappa shape index (κ2) is 6.73. The molecule has 0 fully saturated rings. The number of carbonyl (C=O) groups is 3. The molecule has 2 rings (SSSR count). The SMILES string of the molecule is CC(C)(C)OC(=O)NC(C[C@@H]1Oc2ccncc2NC1=O)C(=O)O. The van der Waals surface area contributed by atoms with Gasteiger partial charge >= 0.3 is 12.1 Å². The number of aromatic nitrogens is 1. The first-order valence-electron chi connectivity index (χ1n) is 7.29. The van der Waals surface area contributed by atoms with Gasteiger partial charge in [-0.2, -0.15) is 0 Å². The Hall–Kier alpha value is -2.84. The van der Waals surface area contributed by atoms with Crippen LogP contribution in [0, 0.1) is 0 Å². The number of rotatable bonds is 4. The number of fused-ring (bicyclic) bond motifs is 1. The van der Waals surface area contributed by atoms with Gasteiger partial charge in [0.1, 0.15) is 23.1 Å². The highest BCUT2D eigenvalue weighted by Crippen LogP contribution is 2.29. The molecule has 1 aromatic heterocycles. The number of nitrogens with one attached hydrogen (secondary N) is 2. The van der Waals surface area contributed by atoms with Crippen molar-refractivity contribution < 1.29 is 29.0 Å². The molecule has 2 heterocycles. The minimum absolute atomic E-state index is 0.248. The fourth-order valence-electron chi connectivity index (χ4n) is 2.04. The van der Waals surface area contributed by atoms with Crippen LogP contribution in [0.4, 0.5) is 10.5 Å². The Morgan fingerprint density at radius 1 is 1.50 bits per heavy atom. The van der Waals surface area contributed by atoms with Crippen LogP contribution in [0.25, 0.3) is 0 Å². The molecule has 1 aliphatic rings. The number of hydrogen-bond donors (Lipinski definition) is 3. The van der Waals surface area contributed by atoms with E-state index in [2.05, 4.69) is 15.6 Å². The minimum atomic E-state index is -1.33. The maximum Gasteiger partial charge on any atom is 0.408 e. The van der Waals surface area contributed by atoms with Gasteiger partial charge in [0, 0.05) is 18.7 Å². The Bertz CT molecular complexity index is 655. The van der Waals surface area contributed by atoms with E-state index in [1.165, 1.54) is 12.4 Å². The smallest absolute Gasteiger partial charge is 0.408 e. The summed E-state index contributed by atoms with van der Waals surface area (Å²) in [5.74, 6) is -1.42. The highest BCUT2D eigenvalue weighted by Gasteiger charge is 2.34. The molecule has 0 saturated carbocycles. The third kappa shape index (κ3) is 4.58. The zero-order valence-electron chi connectivity index (χ0n) is 13.5. The van der Waals surface area contributed by atoms with E-state index >= 15 is 0 Å². The lowest BCUT2D eigenvalue weighted by Crippen LogP contribution is -2.48. The molecule has 1 aliphatic heterocycles. The Morgan fingerprint density at radius 2 is 2.21 bits per heavy atom. The number of carbonyl (C=O) groups excluding carboxylic acids is 2. The van der Waals surface area contributed by atoms with Crippen molar-refractivity contribution >= 4 is 23.7 Å². The number of ether oxygens (including phenoxy) is 2. The molecule has 0 saturated heterocycles. The van der Waals surface area contributed by atoms with Gasteiger partial charge in [-0.1, -0.05) is 0 Å². The van der Waals surface area contributed by atoms with Crippen molar-refractivity contribution in [2.45, 2.75) is 44.9 Å². The van der Waals surface area contributed by atoms with E-state index in [1.807, 2.05) is 0 Å². The van der Waals surface area contributed by atoms with Gasteiger partial charge < -0.3 is 25.2 Å². The Balaban J connectivity index is 2.04. The van der Waals surface area contributed by atoms with Crippen LogP contribution in [0.15, 0.2) is 18.5 Å². The zero-order chi connectivity index (χ0) is 17.9. The van der Waals surface area contributed by atoms with Gasteiger partial charge in [0.05, 0.1) is 6.20 Å². The van der Waals surface area contributed by atoms with Crippen LogP contribution in [-0.2, 0) is 14.3 Å². The van der Waals surface area contributed by atoms with Crippen molar-refractivity contribution in [2.75, 3.05) is 5.32 Å². The quantitative estimate of drug-likeness (QED) is 0.752. The first-order valence-corrected chi connectivity index (χ1v) is 7.29. The molecule has 0 aromatic carbocycles. The highest BCUT2D eigenvalue weighted by atomic mass is 16.6.